The van der Waals surface area contributed by atoms with Gasteiger partial charge in [-0.05, 0) is 39.0 Å². The van der Waals surface area contributed by atoms with Gasteiger partial charge < -0.3 is 14.4 Å². The Morgan fingerprint density at radius 3 is 2.24 bits per heavy atom. The molecule has 5 nitrogen and oxygen atoms in total. The van der Waals surface area contributed by atoms with Crippen LogP contribution in [0.3, 0.4) is 0 Å². The van der Waals surface area contributed by atoms with Crippen LogP contribution < -0.4 is 0 Å². The van der Waals surface area contributed by atoms with Gasteiger partial charge in [-0.2, -0.15) is 0 Å². The van der Waals surface area contributed by atoms with Crippen LogP contribution in [0.2, 0.25) is 0 Å². The number of carbonyl (C=O) groups excluding carboxylic acids is 1. The maximum atomic E-state index is 12.0. The van der Waals surface area contributed by atoms with E-state index in [0.29, 0.717) is 5.41 Å². The molecule has 2 aliphatic rings. The third-order valence-corrected chi connectivity index (χ3v) is 4.33. The van der Waals surface area contributed by atoms with Crippen LogP contribution >= 0.6 is 0 Å². The molecule has 2 saturated heterocycles. The van der Waals surface area contributed by atoms with Crippen LogP contribution in [-0.4, -0.2) is 67.4 Å². The van der Waals surface area contributed by atoms with Crippen LogP contribution in [0.25, 0.3) is 0 Å². The molecule has 1 amide bonds. The number of nitrogens with zero attached hydrogens (tertiary/aromatic N) is 2. The Balaban J connectivity index is 1.76. The molecule has 0 aromatic carbocycles. The highest BCUT2D eigenvalue weighted by atomic mass is 16.6. The first-order chi connectivity index (χ1) is 9.77. The molecule has 0 N–H and O–H groups in total. The summed E-state index contributed by atoms with van der Waals surface area (Å²) in [6.07, 6.45) is 2.10. The Bertz CT molecular complexity index is 351. The molecule has 0 aromatic heterocycles. The van der Waals surface area contributed by atoms with Gasteiger partial charge in [0.2, 0.25) is 0 Å². The predicted molar refractivity (Wildman–Crippen MR) is 82.4 cm³/mol. The van der Waals surface area contributed by atoms with E-state index in [9.17, 15) is 4.79 Å². The first kappa shape index (κ1) is 16.6. The number of carbonyl (C=O) groups is 1. The maximum Gasteiger partial charge on any atom is 0.410 e. The van der Waals surface area contributed by atoms with Crippen LogP contribution in [0.4, 0.5) is 4.79 Å². The lowest BCUT2D eigenvalue weighted by Crippen LogP contribution is -2.52. The monoisotopic (exact) mass is 298 g/mol. The van der Waals surface area contributed by atoms with Crippen molar-refractivity contribution in [2.45, 2.75) is 46.1 Å². The minimum absolute atomic E-state index is 0.181. The molecular formula is C16H30N2O3. The zero-order valence-electron chi connectivity index (χ0n) is 14.0. The molecule has 0 aliphatic carbocycles. The van der Waals surface area contributed by atoms with E-state index in [1.165, 1.54) is 0 Å². The summed E-state index contributed by atoms with van der Waals surface area (Å²) in [5, 5.41) is 0. The fraction of sp³-hybridized carbons (Fsp3) is 0.938. The number of amides is 1. The van der Waals surface area contributed by atoms with Crippen molar-refractivity contribution >= 4 is 6.09 Å². The van der Waals surface area contributed by atoms with E-state index >= 15 is 0 Å². The summed E-state index contributed by atoms with van der Waals surface area (Å²) in [6.45, 7) is 14.4. The van der Waals surface area contributed by atoms with Crippen molar-refractivity contribution < 1.29 is 14.3 Å². The van der Waals surface area contributed by atoms with Crippen molar-refractivity contribution in [3.05, 3.63) is 0 Å². The summed E-state index contributed by atoms with van der Waals surface area (Å²) in [7, 11) is 0. The van der Waals surface area contributed by atoms with Crippen molar-refractivity contribution in [3.8, 4) is 0 Å². The molecule has 21 heavy (non-hydrogen) atoms. The first-order valence-corrected chi connectivity index (χ1v) is 8.06. The van der Waals surface area contributed by atoms with E-state index in [4.69, 9.17) is 9.47 Å². The van der Waals surface area contributed by atoms with E-state index in [1.54, 1.807) is 0 Å². The predicted octanol–water partition coefficient (Wildman–Crippen LogP) is 2.36. The molecule has 0 aromatic rings. The first-order valence-electron chi connectivity index (χ1n) is 8.06. The smallest absolute Gasteiger partial charge is 0.410 e. The summed E-state index contributed by atoms with van der Waals surface area (Å²) >= 11 is 0. The lowest BCUT2D eigenvalue weighted by atomic mass is 9.82. The molecule has 2 rings (SSSR count). The van der Waals surface area contributed by atoms with E-state index in [0.717, 1.165) is 58.8 Å². The van der Waals surface area contributed by atoms with E-state index < -0.39 is 5.60 Å². The van der Waals surface area contributed by atoms with Crippen molar-refractivity contribution in [2.24, 2.45) is 5.41 Å². The van der Waals surface area contributed by atoms with Crippen LogP contribution in [0.1, 0.15) is 40.5 Å². The minimum Gasteiger partial charge on any atom is -0.444 e. The fourth-order valence-corrected chi connectivity index (χ4v) is 2.98. The zero-order chi connectivity index (χ0) is 15.5. The molecule has 5 heteroatoms. The quantitative estimate of drug-likeness (QED) is 0.785. The Morgan fingerprint density at radius 1 is 1.14 bits per heavy atom. The molecule has 0 bridgehead atoms. The van der Waals surface area contributed by atoms with E-state index in [1.807, 2.05) is 25.7 Å². The molecule has 0 saturated carbocycles. The van der Waals surface area contributed by atoms with Gasteiger partial charge in [0.15, 0.2) is 0 Å². The van der Waals surface area contributed by atoms with E-state index in [-0.39, 0.29) is 6.09 Å². The van der Waals surface area contributed by atoms with Gasteiger partial charge in [-0.25, -0.2) is 4.79 Å². The Labute approximate surface area is 128 Å². The normalized spacial score (nSPS) is 23.9. The molecule has 0 radical (unpaired) electrons. The average Bonchev–Trinajstić information content (AvgIpc) is 2.38. The zero-order valence-corrected chi connectivity index (χ0v) is 14.0. The number of hydrogen-bond donors (Lipinski definition) is 0. The van der Waals surface area contributed by atoms with Gasteiger partial charge in [-0.3, -0.25) is 4.90 Å². The Kier molecular flexibility index (Phi) is 5.15. The SMILES string of the molecule is CC1(CN2CCN(C(=O)OC(C)(C)C)CC2)CCOCC1. The number of ether oxygens (including phenoxy) is 2. The van der Waals surface area contributed by atoms with Gasteiger partial charge in [-0.1, -0.05) is 6.92 Å². The third kappa shape index (κ3) is 5.15. The second kappa shape index (κ2) is 6.53. The fourth-order valence-electron chi connectivity index (χ4n) is 2.98. The highest BCUT2D eigenvalue weighted by Gasteiger charge is 2.32. The van der Waals surface area contributed by atoms with Crippen LogP contribution in [0, 0.1) is 5.41 Å². The molecule has 2 heterocycles. The van der Waals surface area contributed by atoms with Crippen molar-refractivity contribution in [3.63, 3.8) is 0 Å². The largest absolute Gasteiger partial charge is 0.444 e. The molecule has 2 aliphatic heterocycles. The number of hydrogen-bond acceptors (Lipinski definition) is 4. The van der Waals surface area contributed by atoms with Crippen LogP contribution in [-0.2, 0) is 9.47 Å². The van der Waals surface area contributed by atoms with Gasteiger partial charge >= 0.3 is 6.09 Å². The molecule has 0 atom stereocenters. The maximum absolute atomic E-state index is 12.0. The molecule has 122 valence electrons. The van der Waals surface area contributed by atoms with Crippen molar-refractivity contribution in [1.29, 1.82) is 0 Å². The summed E-state index contributed by atoms with van der Waals surface area (Å²) in [4.78, 5) is 16.3. The molecule has 2 fully saturated rings. The minimum atomic E-state index is -0.413. The average molecular weight is 298 g/mol. The number of piperazine rings is 1. The van der Waals surface area contributed by atoms with Crippen LogP contribution in [0.5, 0.6) is 0 Å². The topological polar surface area (TPSA) is 42.0 Å². The second-order valence-electron chi connectivity index (χ2n) is 7.67. The van der Waals surface area contributed by atoms with Gasteiger partial charge in [0, 0.05) is 45.9 Å². The third-order valence-electron chi connectivity index (χ3n) is 4.33. The van der Waals surface area contributed by atoms with Gasteiger partial charge in [-0.15, -0.1) is 0 Å². The lowest BCUT2D eigenvalue weighted by molar-refractivity contribution is -0.0107. The summed E-state index contributed by atoms with van der Waals surface area (Å²) in [5.74, 6) is 0. The lowest BCUT2D eigenvalue weighted by Gasteiger charge is -2.41. The summed E-state index contributed by atoms with van der Waals surface area (Å²) in [6, 6.07) is 0. The Morgan fingerprint density at radius 2 is 1.71 bits per heavy atom. The van der Waals surface area contributed by atoms with Crippen molar-refractivity contribution in [1.82, 2.24) is 9.80 Å². The van der Waals surface area contributed by atoms with E-state index in [2.05, 4.69) is 11.8 Å². The molecular weight excluding hydrogens is 268 g/mol. The molecule has 0 unspecified atom stereocenters. The highest BCUT2D eigenvalue weighted by Crippen LogP contribution is 2.31. The molecule has 0 spiro atoms. The standard InChI is InChI=1S/C16H30N2O3/c1-15(2,3)21-14(19)18-9-7-17(8-10-18)13-16(4)5-11-20-12-6-16/h5-13H2,1-4H3. The van der Waals surface area contributed by atoms with Gasteiger partial charge in [0.1, 0.15) is 5.60 Å². The van der Waals surface area contributed by atoms with Gasteiger partial charge in [0.25, 0.3) is 0 Å². The Hall–Kier alpha value is -0.810. The van der Waals surface area contributed by atoms with Gasteiger partial charge in [0.05, 0.1) is 0 Å². The summed E-state index contributed by atoms with van der Waals surface area (Å²) < 4.78 is 10.9. The highest BCUT2D eigenvalue weighted by molar-refractivity contribution is 5.68. The second-order valence-corrected chi connectivity index (χ2v) is 7.67. The van der Waals surface area contributed by atoms with Crippen LogP contribution in [0.15, 0.2) is 0 Å². The van der Waals surface area contributed by atoms with Crippen molar-refractivity contribution in [2.75, 3.05) is 45.9 Å². The number of rotatable bonds is 2. The summed E-state index contributed by atoms with van der Waals surface area (Å²) in [5.41, 5.74) is -0.0455.